The van der Waals surface area contributed by atoms with Crippen molar-refractivity contribution in [3.05, 3.63) is 29.8 Å². The van der Waals surface area contributed by atoms with Crippen molar-refractivity contribution in [3.8, 4) is 0 Å². The second-order valence-corrected chi connectivity index (χ2v) is 4.81. The number of nitrogens with zero attached hydrogens (tertiary/aromatic N) is 1. The zero-order valence-corrected chi connectivity index (χ0v) is 12.0. The fraction of sp³-hybridized carbons (Fsp3) is 0.400. The molecule has 0 aromatic heterocycles. The SMILES string of the molecule is COC(=O)CC(=O)N1c2ccccc2CC1COC(C)=O. The number of carbonyl (C=O) groups is 3. The van der Waals surface area contributed by atoms with Gasteiger partial charge < -0.3 is 14.4 Å². The Balaban J connectivity index is 2.20. The molecule has 0 saturated carbocycles. The van der Waals surface area contributed by atoms with Gasteiger partial charge in [0.15, 0.2) is 0 Å². The van der Waals surface area contributed by atoms with Crippen molar-refractivity contribution in [1.82, 2.24) is 0 Å². The average Bonchev–Trinajstić information content (AvgIpc) is 2.83. The van der Waals surface area contributed by atoms with Crippen LogP contribution in [-0.2, 0) is 30.3 Å². The lowest BCUT2D eigenvalue weighted by molar-refractivity contribution is -0.145. The van der Waals surface area contributed by atoms with Gasteiger partial charge in [0, 0.05) is 12.6 Å². The third kappa shape index (κ3) is 3.39. The zero-order chi connectivity index (χ0) is 15.4. The number of carbonyl (C=O) groups excluding carboxylic acids is 3. The molecular weight excluding hydrogens is 274 g/mol. The highest BCUT2D eigenvalue weighted by atomic mass is 16.5. The van der Waals surface area contributed by atoms with Gasteiger partial charge in [0.1, 0.15) is 13.0 Å². The van der Waals surface area contributed by atoms with Gasteiger partial charge in [0.25, 0.3) is 0 Å². The molecule has 6 heteroatoms. The number of esters is 2. The molecule has 1 atom stereocenters. The molecule has 1 heterocycles. The molecule has 2 rings (SSSR count). The smallest absolute Gasteiger partial charge is 0.315 e. The van der Waals surface area contributed by atoms with Crippen LogP contribution < -0.4 is 4.90 Å². The van der Waals surface area contributed by atoms with Crippen molar-refractivity contribution in [2.45, 2.75) is 25.8 Å². The minimum absolute atomic E-state index is 0.108. The Morgan fingerprint density at radius 2 is 2.00 bits per heavy atom. The largest absolute Gasteiger partial charge is 0.469 e. The quantitative estimate of drug-likeness (QED) is 0.613. The van der Waals surface area contributed by atoms with Gasteiger partial charge in [0.05, 0.1) is 13.2 Å². The molecule has 112 valence electrons. The number of hydrogen-bond acceptors (Lipinski definition) is 5. The fourth-order valence-corrected chi connectivity index (χ4v) is 2.43. The van der Waals surface area contributed by atoms with Crippen molar-refractivity contribution < 1.29 is 23.9 Å². The molecule has 0 radical (unpaired) electrons. The summed E-state index contributed by atoms with van der Waals surface area (Å²) in [7, 11) is 1.24. The van der Waals surface area contributed by atoms with Gasteiger partial charge in [0.2, 0.25) is 5.91 Å². The summed E-state index contributed by atoms with van der Waals surface area (Å²) in [5, 5.41) is 0. The van der Waals surface area contributed by atoms with E-state index in [0.29, 0.717) is 6.42 Å². The number of hydrogen-bond donors (Lipinski definition) is 0. The van der Waals surface area contributed by atoms with Crippen LogP contribution in [-0.4, -0.2) is 37.6 Å². The Bertz CT molecular complexity index is 569. The molecule has 1 aliphatic rings. The van der Waals surface area contributed by atoms with Crippen LogP contribution in [0.5, 0.6) is 0 Å². The van der Waals surface area contributed by atoms with E-state index < -0.39 is 11.9 Å². The molecule has 1 aromatic rings. The molecule has 1 unspecified atom stereocenters. The highest BCUT2D eigenvalue weighted by Gasteiger charge is 2.35. The highest BCUT2D eigenvalue weighted by molar-refractivity contribution is 6.05. The van der Waals surface area contributed by atoms with Crippen LogP contribution in [0.4, 0.5) is 5.69 Å². The highest BCUT2D eigenvalue weighted by Crippen LogP contribution is 2.32. The summed E-state index contributed by atoms with van der Waals surface area (Å²) in [4.78, 5) is 36.1. The second-order valence-electron chi connectivity index (χ2n) is 4.81. The first kappa shape index (κ1) is 15.0. The van der Waals surface area contributed by atoms with E-state index in [-0.39, 0.29) is 25.0 Å². The summed E-state index contributed by atoms with van der Waals surface area (Å²) in [5.74, 6) is -1.34. The first-order chi connectivity index (χ1) is 10.0. The van der Waals surface area contributed by atoms with E-state index in [2.05, 4.69) is 4.74 Å². The number of fused-ring (bicyclic) bond motifs is 1. The van der Waals surface area contributed by atoms with E-state index in [4.69, 9.17) is 4.74 Å². The van der Waals surface area contributed by atoms with Crippen LogP contribution in [0.25, 0.3) is 0 Å². The van der Waals surface area contributed by atoms with E-state index in [0.717, 1.165) is 11.3 Å². The van der Waals surface area contributed by atoms with Crippen LogP contribution in [0.3, 0.4) is 0 Å². The standard InChI is InChI=1S/C15H17NO5/c1-10(17)21-9-12-7-11-5-3-4-6-13(11)16(12)14(18)8-15(19)20-2/h3-6,12H,7-9H2,1-2H3. The van der Waals surface area contributed by atoms with Gasteiger partial charge in [-0.2, -0.15) is 0 Å². The van der Waals surface area contributed by atoms with Crippen molar-refractivity contribution in [1.29, 1.82) is 0 Å². The summed E-state index contributed by atoms with van der Waals surface area (Å²) < 4.78 is 9.55. The minimum Gasteiger partial charge on any atom is -0.469 e. The second kappa shape index (κ2) is 6.39. The fourth-order valence-electron chi connectivity index (χ4n) is 2.43. The van der Waals surface area contributed by atoms with Gasteiger partial charge >= 0.3 is 11.9 Å². The summed E-state index contributed by atoms with van der Waals surface area (Å²) in [6.45, 7) is 1.43. The van der Waals surface area contributed by atoms with E-state index in [9.17, 15) is 14.4 Å². The molecule has 6 nitrogen and oxygen atoms in total. The van der Waals surface area contributed by atoms with Crippen LogP contribution in [0.15, 0.2) is 24.3 Å². The lowest BCUT2D eigenvalue weighted by atomic mass is 10.1. The first-order valence-corrected chi connectivity index (χ1v) is 6.63. The summed E-state index contributed by atoms with van der Waals surface area (Å²) in [5.41, 5.74) is 1.75. The number of benzene rings is 1. The van der Waals surface area contributed by atoms with Crippen molar-refractivity contribution in [2.24, 2.45) is 0 Å². The predicted molar refractivity (Wildman–Crippen MR) is 74.7 cm³/mol. The molecule has 0 saturated heterocycles. The first-order valence-electron chi connectivity index (χ1n) is 6.63. The number of rotatable bonds is 4. The van der Waals surface area contributed by atoms with E-state index in [1.165, 1.54) is 18.9 Å². The zero-order valence-electron chi connectivity index (χ0n) is 12.0. The molecule has 21 heavy (non-hydrogen) atoms. The van der Waals surface area contributed by atoms with Gasteiger partial charge in [-0.05, 0) is 18.1 Å². The van der Waals surface area contributed by atoms with Crippen molar-refractivity contribution >= 4 is 23.5 Å². The Morgan fingerprint density at radius 3 is 2.67 bits per heavy atom. The third-order valence-corrected chi connectivity index (χ3v) is 3.34. The maximum atomic E-state index is 12.3. The topological polar surface area (TPSA) is 72.9 Å². The lowest BCUT2D eigenvalue weighted by Crippen LogP contribution is -2.41. The van der Waals surface area contributed by atoms with E-state index in [1.807, 2.05) is 24.3 Å². The van der Waals surface area contributed by atoms with Crippen LogP contribution in [0.2, 0.25) is 0 Å². The molecule has 0 spiro atoms. The number of anilines is 1. The van der Waals surface area contributed by atoms with E-state index in [1.54, 1.807) is 0 Å². The maximum absolute atomic E-state index is 12.3. The lowest BCUT2D eigenvalue weighted by Gasteiger charge is -2.24. The summed E-state index contributed by atoms with van der Waals surface area (Å²) in [6.07, 6.45) is 0.262. The van der Waals surface area contributed by atoms with Gasteiger partial charge in [-0.3, -0.25) is 14.4 Å². The van der Waals surface area contributed by atoms with E-state index >= 15 is 0 Å². The van der Waals surface area contributed by atoms with Crippen LogP contribution in [0, 0.1) is 0 Å². The maximum Gasteiger partial charge on any atom is 0.315 e. The molecule has 1 aliphatic heterocycles. The predicted octanol–water partition coefficient (Wildman–Crippen LogP) is 1.07. The monoisotopic (exact) mass is 291 g/mol. The van der Waals surface area contributed by atoms with Gasteiger partial charge in [-0.1, -0.05) is 18.2 Å². The minimum atomic E-state index is -0.587. The Labute approximate surface area is 122 Å². The molecule has 1 aromatic carbocycles. The molecule has 1 amide bonds. The van der Waals surface area contributed by atoms with Crippen LogP contribution >= 0.6 is 0 Å². The van der Waals surface area contributed by atoms with Gasteiger partial charge in [-0.15, -0.1) is 0 Å². The normalized spacial score (nSPS) is 16.3. The Hall–Kier alpha value is -2.37. The summed E-state index contributed by atoms with van der Waals surface area (Å²) >= 11 is 0. The number of ether oxygens (including phenoxy) is 2. The third-order valence-electron chi connectivity index (χ3n) is 3.34. The molecule has 0 aliphatic carbocycles. The van der Waals surface area contributed by atoms with Crippen molar-refractivity contribution in [2.75, 3.05) is 18.6 Å². The van der Waals surface area contributed by atoms with Crippen molar-refractivity contribution in [3.63, 3.8) is 0 Å². The Morgan fingerprint density at radius 1 is 1.29 bits per heavy atom. The van der Waals surface area contributed by atoms with Crippen LogP contribution in [0.1, 0.15) is 18.9 Å². The Kier molecular flexibility index (Phi) is 4.57. The van der Waals surface area contributed by atoms with Gasteiger partial charge in [-0.25, -0.2) is 0 Å². The number of methoxy groups -OCH3 is 1. The average molecular weight is 291 g/mol. The number of amides is 1. The summed E-state index contributed by atoms with van der Waals surface area (Å²) in [6, 6.07) is 7.16. The molecule has 0 N–H and O–H groups in total. The molecular formula is C15H17NO5. The molecule has 0 fully saturated rings. The number of para-hydroxylation sites is 1. The molecule has 0 bridgehead atoms.